The molecule has 106 valence electrons. The van der Waals surface area contributed by atoms with E-state index < -0.39 is 4.92 Å². The number of nitro groups is 1. The van der Waals surface area contributed by atoms with E-state index in [-0.39, 0.29) is 24.0 Å². The van der Waals surface area contributed by atoms with Crippen molar-refractivity contribution in [1.82, 2.24) is 10.1 Å². The topological polar surface area (TPSA) is 91.3 Å². The molecular formula is C12H12ClN3O4. The number of nitrogens with zero attached hydrogens (tertiary/aromatic N) is 3. The molecule has 8 heteroatoms. The third kappa shape index (κ3) is 3.24. The molecular weight excluding hydrogens is 286 g/mol. The highest BCUT2D eigenvalue weighted by molar-refractivity contribution is 6.30. The summed E-state index contributed by atoms with van der Waals surface area (Å²) in [5, 5.41) is 15.0. The van der Waals surface area contributed by atoms with E-state index in [9.17, 15) is 10.1 Å². The summed E-state index contributed by atoms with van der Waals surface area (Å²) in [6.07, 6.45) is 0. The van der Waals surface area contributed by atoms with Crippen LogP contribution in [0, 0.1) is 10.1 Å². The molecule has 0 radical (unpaired) electrons. The maximum atomic E-state index is 10.9. The van der Waals surface area contributed by atoms with E-state index >= 15 is 0 Å². The second-order valence-electron chi connectivity index (χ2n) is 4.36. The van der Waals surface area contributed by atoms with Gasteiger partial charge in [-0.3, -0.25) is 10.1 Å². The van der Waals surface area contributed by atoms with Crippen LogP contribution in [0.5, 0.6) is 5.75 Å². The van der Waals surface area contributed by atoms with Crippen molar-refractivity contribution in [1.29, 1.82) is 0 Å². The maximum absolute atomic E-state index is 10.9. The molecule has 0 aliphatic heterocycles. The average Bonchev–Trinajstić information content (AvgIpc) is 2.85. The first-order valence-electron chi connectivity index (χ1n) is 5.86. The van der Waals surface area contributed by atoms with Gasteiger partial charge in [-0.1, -0.05) is 30.6 Å². The van der Waals surface area contributed by atoms with Gasteiger partial charge >= 0.3 is 5.69 Å². The molecule has 0 amide bonds. The number of nitro benzene ring substituents is 1. The SMILES string of the molecule is CC(C)c1nc(COc2cc(Cl)ccc2[N+](=O)[O-])no1. The fourth-order valence-corrected chi connectivity index (χ4v) is 1.62. The molecule has 0 aliphatic rings. The summed E-state index contributed by atoms with van der Waals surface area (Å²) in [5.74, 6) is 0.988. The number of hydrogen-bond acceptors (Lipinski definition) is 6. The van der Waals surface area contributed by atoms with Crippen LogP contribution in [0.25, 0.3) is 0 Å². The predicted molar refractivity (Wildman–Crippen MR) is 70.8 cm³/mol. The quantitative estimate of drug-likeness (QED) is 0.621. The molecule has 0 N–H and O–H groups in total. The molecule has 1 heterocycles. The summed E-state index contributed by atoms with van der Waals surface area (Å²) < 4.78 is 10.4. The van der Waals surface area contributed by atoms with Crippen molar-refractivity contribution >= 4 is 17.3 Å². The van der Waals surface area contributed by atoms with Crippen molar-refractivity contribution in [3.8, 4) is 5.75 Å². The Morgan fingerprint density at radius 3 is 2.85 bits per heavy atom. The van der Waals surface area contributed by atoms with Crippen LogP contribution in [0.4, 0.5) is 5.69 Å². The first-order valence-corrected chi connectivity index (χ1v) is 6.24. The zero-order valence-corrected chi connectivity index (χ0v) is 11.6. The van der Waals surface area contributed by atoms with Crippen LogP contribution >= 0.6 is 11.6 Å². The van der Waals surface area contributed by atoms with Crippen molar-refractivity contribution < 1.29 is 14.2 Å². The average molecular weight is 298 g/mol. The highest BCUT2D eigenvalue weighted by Crippen LogP contribution is 2.30. The molecule has 0 spiro atoms. The Morgan fingerprint density at radius 1 is 1.50 bits per heavy atom. The standard InChI is InChI=1S/C12H12ClN3O4/c1-7(2)12-14-11(15-20-12)6-19-10-5-8(13)3-4-9(10)16(17)18/h3-5,7H,6H2,1-2H3. The van der Waals surface area contributed by atoms with Crippen LogP contribution in [0.1, 0.15) is 31.5 Å². The van der Waals surface area contributed by atoms with Crippen molar-refractivity contribution in [3.05, 3.63) is 45.1 Å². The van der Waals surface area contributed by atoms with Crippen molar-refractivity contribution in [3.63, 3.8) is 0 Å². The Labute approximate surface area is 119 Å². The number of halogens is 1. The Hall–Kier alpha value is -2.15. The molecule has 0 aliphatic carbocycles. The van der Waals surface area contributed by atoms with E-state index in [0.717, 1.165) is 0 Å². The molecule has 0 saturated carbocycles. The van der Waals surface area contributed by atoms with Gasteiger partial charge in [0.15, 0.2) is 12.4 Å². The minimum atomic E-state index is -0.540. The third-order valence-corrected chi connectivity index (χ3v) is 2.69. The summed E-state index contributed by atoms with van der Waals surface area (Å²) in [7, 11) is 0. The molecule has 1 aromatic carbocycles. The number of aromatic nitrogens is 2. The fraction of sp³-hybridized carbons (Fsp3) is 0.333. The minimum Gasteiger partial charge on any atom is -0.478 e. The van der Waals surface area contributed by atoms with Crippen LogP contribution in [0.15, 0.2) is 22.7 Å². The van der Waals surface area contributed by atoms with Gasteiger partial charge in [0.1, 0.15) is 0 Å². The Morgan fingerprint density at radius 2 is 2.25 bits per heavy atom. The molecule has 7 nitrogen and oxygen atoms in total. The third-order valence-electron chi connectivity index (χ3n) is 2.45. The van der Waals surface area contributed by atoms with Crippen molar-refractivity contribution in [2.24, 2.45) is 0 Å². The van der Waals surface area contributed by atoms with Gasteiger partial charge in [0.25, 0.3) is 0 Å². The summed E-state index contributed by atoms with van der Waals surface area (Å²) >= 11 is 5.80. The first kappa shape index (κ1) is 14.3. The number of ether oxygens (including phenoxy) is 1. The van der Waals surface area contributed by atoms with Gasteiger partial charge in [0.2, 0.25) is 11.7 Å². The second kappa shape index (κ2) is 5.87. The Balaban J connectivity index is 2.13. The monoisotopic (exact) mass is 297 g/mol. The second-order valence-corrected chi connectivity index (χ2v) is 4.80. The highest BCUT2D eigenvalue weighted by atomic mass is 35.5. The van der Waals surface area contributed by atoms with E-state index in [1.54, 1.807) is 0 Å². The van der Waals surface area contributed by atoms with Gasteiger partial charge in [0, 0.05) is 23.1 Å². The Kier molecular flexibility index (Phi) is 4.19. The lowest BCUT2D eigenvalue weighted by Crippen LogP contribution is -2.01. The van der Waals surface area contributed by atoms with Gasteiger partial charge in [-0.05, 0) is 6.07 Å². The maximum Gasteiger partial charge on any atom is 0.311 e. The number of benzene rings is 1. The molecule has 0 bridgehead atoms. The summed E-state index contributed by atoms with van der Waals surface area (Å²) in [5.41, 5.74) is -0.165. The van der Waals surface area contributed by atoms with Crippen molar-refractivity contribution in [2.75, 3.05) is 0 Å². The van der Waals surface area contributed by atoms with E-state index in [0.29, 0.717) is 16.7 Å². The predicted octanol–water partition coefficient (Wildman–Crippen LogP) is 3.33. The van der Waals surface area contributed by atoms with Crippen molar-refractivity contribution in [2.45, 2.75) is 26.4 Å². The molecule has 0 unspecified atom stereocenters. The van der Waals surface area contributed by atoms with Crippen LogP contribution in [0.2, 0.25) is 5.02 Å². The van der Waals surface area contributed by atoms with E-state index in [4.69, 9.17) is 20.9 Å². The first-order chi connectivity index (χ1) is 9.47. The van der Waals surface area contributed by atoms with Crippen LogP contribution in [0.3, 0.4) is 0 Å². The normalized spacial score (nSPS) is 10.8. The molecule has 2 aromatic rings. The van der Waals surface area contributed by atoms with E-state index in [2.05, 4.69) is 10.1 Å². The zero-order chi connectivity index (χ0) is 14.7. The lowest BCUT2D eigenvalue weighted by molar-refractivity contribution is -0.385. The lowest BCUT2D eigenvalue weighted by Gasteiger charge is -2.04. The van der Waals surface area contributed by atoms with Crippen LogP contribution in [-0.2, 0) is 6.61 Å². The van der Waals surface area contributed by atoms with Gasteiger partial charge in [0.05, 0.1) is 4.92 Å². The number of rotatable bonds is 5. The largest absolute Gasteiger partial charge is 0.478 e. The van der Waals surface area contributed by atoms with Gasteiger partial charge in [-0.2, -0.15) is 4.98 Å². The molecule has 0 saturated heterocycles. The van der Waals surface area contributed by atoms with E-state index in [1.807, 2.05) is 13.8 Å². The molecule has 2 rings (SSSR count). The molecule has 0 atom stereocenters. The Bertz CT molecular complexity index is 627. The van der Waals surface area contributed by atoms with Gasteiger partial charge in [-0.25, -0.2) is 0 Å². The van der Waals surface area contributed by atoms with Gasteiger partial charge < -0.3 is 9.26 Å². The fourth-order valence-electron chi connectivity index (χ4n) is 1.46. The summed E-state index contributed by atoms with van der Waals surface area (Å²) in [6.45, 7) is 3.80. The summed E-state index contributed by atoms with van der Waals surface area (Å²) in [6, 6.07) is 4.09. The van der Waals surface area contributed by atoms with E-state index in [1.165, 1.54) is 18.2 Å². The molecule has 1 aromatic heterocycles. The summed E-state index contributed by atoms with van der Waals surface area (Å²) in [4.78, 5) is 14.4. The minimum absolute atomic E-state index is 0.0304. The van der Waals surface area contributed by atoms with Crippen LogP contribution < -0.4 is 4.74 Å². The smallest absolute Gasteiger partial charge is 0.311 e. The molecule has 0 fully saturated rings. The lowest BCUT2D eigenvalue weighted by atomic mass is 10.2. The number of hydrogen-bond donors (Lipinski definition) is 0. The van der Waals surface area contributed by atoms with Gasteiger partial charge in [-0.15, -0.1) is 0 Å². The molecule has 20 heavy (non-hydrogen) atoms. The van der Waals surface area contributed by atoms with Crippen LogP contribution in [-0.4, -0.2) is 15.1 Å². The highest BCUT2D eigenvalue weighted by Gasteiger charge is 2.17. The zero-order valence-electron chi connectivity index (χ0n) is 10.9.